The first-order chi connectivity index (χ1) is 12.4. The van der Waals surface area contributed by atoms with E-state index in [1.807, 2.05) is 6.07 Å². The molecule has 6 nitrogen and oxygen atoms in total. The Morgan fingerprint density at radius 2 is 2.12 bits per heavy atom. The second-order valence-corrected chi connectivity index (χ2v) is 5.51. The minimum atomic E-state index is -4.64. The summed E-state index contributed by atoms with van der Waals surface area (Å²) in [6.07, 6.45) is -1.72. The van der Waals surface area contributed by atoms with E-state index in [0.29, 0.717) is 22.4 Å². The summed E-state index contributed by atoms with van der Waals surface area (Å²) in [7, 11) is 0. The number of pyridine rings is 1. The Morgan fingerprint density at radius 3 is 2.73 bits per heavy atom. The van der Waals surface area contributed by atoms with Gasteiger partial charge in [-0.15, -0.1) is 0 Å². The summed E-state index contributed by atoms with van der Waals surface area (Å²) in [6, 6.07) is 6.16. The maximum atomic E-state index is 13.0. The zero-order chi connectivity index (χ0) is 18.5. The Bertz CT molecular complexity index is 1150. The normalized spacial score (nSPS) is 11.8. The molecule has 0 unspecified atom stereocenters. The van der Waals surface area contributed by atoms with Crippen molar-refractivity contribution in [1.29, 1.82) is 5.26 Å². The number of aromatic amines is 1. The highest BCUT2D eigenvalue weighted by Gasteiger charge is 2.36. The van der Waals surface area contributed by atoms with Gasteiger partial charge in [0.1, 0.15) is 17.6 Å². The van der Waals surface area contributed by atoms with Crippen molar-refractivity contribution < 1.29 is 22.0 Å². The van der Waals surface area contributed by atoms with Gasteiger partial charge in [0.15, 0.2) is 5.65 Å². The molecule has 0 aliphatic heterocycles. The summed E-state index contributed by atoms with van der Waals surface area (Å²) in [6.45, 7) is 1.39. The Labute approximate surface area is 143 Å². The van der Waals surface area contributed by atoms with Crippen LogP contribution in [0, 0.1) is 18.3 Å². The third-order valence-electron chi connectivity index (χ3n) is 3.93. The Kier molecular flexibility index (Phi) is 3.37. The van der Waals surface area contributed by atoms with Gasteiger partial charge >= 0.3 is 6.18 Å². The van der Waals surface area contributed by atoms with Gasteiger partial charge in [-0.25, -0.2) is 4.98 Å². The van der Waals surface area contributed by atoms with E-state index < -0.39 is 11.9 Å². The number of aromatic nitrogens is 3. The molecule has 0 spiro atoms. The van der Waals surface area contributed by atoms with E-state index in [0.717, 1.165) is 6.07 Å². The molecule has 0 radical (unpaired) electrons. The van der Waals surface area contributed by atoms with Gasteiger partial charge in [0.05, 0.1) is 29.1 Å². The second-order valence-electron chi connectivity index (χ2n) is 5.51. The molecule has 0 atom stereocenters. The molecule has 4 rings (SSSR count). The molecule has 0 aliphatic rings. The number of fused-ring (bicyclic) bond motifs is 1. The smallest absolute Gasteiger partial charge is 0.449 e. The van der Waals surface area contributed by atoms with Crippen LogP contribution in [0.4, 0.5) is 13.2 Å². The van der Waals surface area contributed by atoms with E-state index in [-0.39, 0.29) is 22.6 Å². The summed E-state index contributed by atoms with van der Waals surface area (Å²) in [4.78, 5) is 4.29. The molecular formula is C17H9F3N4O2. The van der Waals surface area contributed by atoms with Crippen LogP contribution in [0.3, 0.4) is 0 Å². The number of H-pyrrole nitrogens is 1. The highest BCUT2D eigenvalue weighted by molar-refractivity contribution is 5.97. The number of alkyl halides is 3. The minimum absolute atomic E-state index is 0.00517. The number of aryl methyl sites for hydroxylation is 1. The summed E-state index contributed by atoms with van der Waals surface area (Å²) < 4.78 is 49.2. The first-order valence-electron chi connectivity index (χ1n) is 7.39. The zero-order valence-electron chi connectivity index (χ0n) is 13.2. The molecule has 0 saturated heterocycles. The molecule has 1 N–H and O–H groups in total. The number of halogens is 3. The topological polar surface area (TPSA) is 91.6 Å². The molecule has 0 bridgehead atoms. The van der Waals surface area contributed by atoms with Crippen molar-refractivity contribution in [3.63, 3.8) is 0 Å². The molecule has 4 aromatic heterocycles. The lowest BCUT2D eigenvalue weighted by atomic mass is 9.98. The van der Waals surface area contributed by atoms with Gasteiger partial charge in [-0.2, -0.15) is 23.5 Å². The van der Waals surface area contributed by atoms with E-state index in [1.165, 1.54) is 19.4 Å². The molecule has 0 fully saturated rings. The van der Waals surface area contributed by atoms with Crippen molar-refractivity contribution in [2.45, 2.75) is 13.1 Å². The van der Waals surface area contributed by atoms with Crippen molar-refractivity contribution in [2.24, 2.45) is 0 Å². The monoisotopic (exact) mass is 358 g/mol. The fourth-order valence-corrected chi connectivity index (χ4v) is 2.81. The van der Waals surface area contributed by atoms with Crippen LogP contribution in [-0.2, 0) is 6.18 Å². The quantitative estimate of drug-likeness (QED) is 0.562. The van der Waals surface area contributed by atoms with Gasteiger partial charge in [0.25, 0.3) is 0 Å². The fourth-order valence-electron chi connectivity index (χ4n) is 2.81. The van der Waals surface area contributed by atoms with Crippen LogP contribution in [0.1, 0.15) is 17.1 Å². The van der Waals surface area contributed by atoms with Crippen LogP contribution in [0.15, 0.2) is 39.5 Å². The number of hydrogen-bond donors (Lipinski definition) is 1. The van der Waals surface area contributed by atoms with Crippen molar-refractivity contribution in [1.82, 2.24) is 15.2 Å². The number of furan rings is 2. The van der Waals surface area contributed by atoms with Gasteiger partial charge in [-0.1, -0.05) is 0 Å². The highest BCUT2D eigenvalue weighted by Crippen LogP contribution is 2.40. The molecule has 9 heteroatoms. The summed E-state index contributed by atoms with van der Waals surface area (Å²) in [5.41, 5.74) is 0.942. The lowest BCUT2D eigenvalue weighted by Gasteiger charge is -2.08. The van der Waals surface area contributed by atoms with Crippen molar-refractivity contribution in [3.8, 4) is 28.7 Å². The van der Waals surface area contributed by atoms with Crippen LogP contribution < -0.4 is 0 Å². The molecule has 0 aromatic carbocycles. The van der Waals surface area contributed by atoms with Crippen LogP contribution >= 0.6 is 0 Å². The summed E-state index contributed by atoms with van der Waals surface area (Å²) >= 11 is 0. The van der Waals surface area contributed by atoms with Gasteiger partial charge in [-0.05, 0) is 25.1 Å². The number of rotatable bonds is 2. The van der Waals surface area contributed by atoms with Crippen LogP contribution in [0.25, 0.3) is 33.6 Å². The summed E-state index contributed by atoms with van der Waals surface area (Å²) in [5, 5.41) is 16.8. The zero-order valence-corrected chi connectivity index (χ0v) is 13.2. The average Bonchev–Trinajstić information content (AvgIpc) is 3.32. The minimum Gasteiger partial charge on any atom is -0.464 e. The molecule has 130 valence electrons. The highest BCUT2D eigenvalue weighted by atomic mass is 19.4. The van der Waals surface area contributed by atoms with Gasteiger partial charge in [0.2, 0.25) is 5.76 Å². The van der Waals surface area contributed by atoms with Gasteiger partial charge < -0.3 is 8.83 Å². The number of nitrogens with zero attached hydrogens (tertiary/aromatic N) is 3. The molecule has 4 heterocycles. The standard InChI is InChI=1S/C17H9F3N4O2/c1-8-9(5-13(26-8)17(18,19)20)15-10(6-21)14(12-3-2-4-25-12)11-7-22-24-16(11)23-15/h2-5,7H,1H3,(H,22,23,24). The SMILES string of the molecule is Cc1oc(C(F)(F)F)cc1-c1nc2[nH]ncc2c(-c2ccco2)c1C#N. The van der Waals surface area contributed by atoms with Crippen molar-refractivity contribution in [2.75, 3.05) is 0 Å². The lowest BCUT2D eigenvalue weighted by Crippen LogP contribution is -2.02. The Balaban J connectivity index is 2.06. The Morgan fingerprint density at radius 1 is 1.31 bits per heavy atom. The maximum Gasteiger partial charge on any atom is 0.449 e. The van der Waals surface area contributed by atoms with Crippen LogP contribution in [-0.4, -0.2) is 15.2 Å². The number of hydrogen-bond acceptors (Lipinski definition) is 5. The third-order valence-corrected chi connectivity index (χ3v) is 3.93. The molecule has 0 amide bonds. The molecule has 0 saturated carbocycles. The Hall–Kier alpha value is -3.54. The predicted octanol–water partition coefficient (Wildman–Crippen LogP) is 4.68. The van der Waals surface area contributed by atoms with E-state index in [9.17, 15) is 18.4 Å². The van der Waals surface area contributed by atoms with Crippen molar-refractivity contribution in [3.05, 3.63) is 47.7 Å². The van der Waals surface area contributed by atoms with E-state index >= 15 is 0 Å². The van der Waals surface area contributed by atoms with E-state index in [4.69, 9.17) is 8.83 Å². The summed E-state index contributed by atoms with van der Waals surface area (Å²) in [5.74, 6) is -0.765. The van der Waals surface area contributed by atoms with E-state index in [1.54, 1.807) is 12.1 Å². The molecular weight excluding hydrogens is 349 g/mol. The first kappa shape index (κ1) is 16.0. The fraction of sp³-hybridized carbons (Fsp3) is 0.118. The number of nitrogens with one attached hydrogen (secondary N) is 1. The molecule has 26 heavy (non-hydrogen) atoms. The first-order valence-corrected chi connectivity index (χ1v) is 7.39. The van der Waals surface area contributed by atoms with Crippen molar-refractivity contribution >= 4 is 11.0 Å². The molecule has 4 aromatic rings. The average molecular weight is 358 g/mol. The lowest BCUT2D eigenvalue weighted by molar-refractivity contribution is -0.153. The predicted molar refractivity (Wildman–Crippen MR) is 83.7 cm³/mol. The van der Waals surface area contributed by atoms with Gasteiger partial charge in [0, 0.05) is 11.1 Å². The third kappa shape index (κ3) is 2.35. The second kappa shape index (κ2) is 5.49. The van der Waals surface area contributed by atoms with E-state index in [2.05, 4.69) is 15.2 Å². The van der Waals surface area contributed by atoms with Gasteiger partial charge in [-0.3, -0.25) is 5.10 Å². The molecule has 0 aliphatic carbocycles. The van der Waals surface area contributed by atoms with Crippen LogP contribution in [0.2, 0.25) is 0 Å². The number of nitriles is 1. The largest absolute Gasteiger partial charge is 0.464 e. The van der Waals surface area contributed by atoms with Crippen LogP contribution in [0.5, 0.6) is 0 Å². The maximum absolute atomic E-state index is 13.0.